The molecule has 1 amide bonds. The Bertz CT molecular complexity index is 719. The Morgan fingerprint density at radius 3 is 2.68 bits per heavy atom. The van der Waals surface area contributed by atoms with E-state index < -0.39 is 0 Å². The van der Waals surface area contributed by atoms with Gasteiger partial charge in [-0.05, 0) is 38.8 Å². The van der Waals surface area contributed by atoms with Crippen LogP contribution < -0.4 is 5.73 Å². The molecule has 0 spiro atoms. The van der Waals surface area contributed by atoms with Crippen molar-refractivity contribution in [2.24, 2.45) is 7.05 Å². The van der Waals surface area contributed by atoms with Crippen molar-refractivity contribution in [3.63, 3.8) is 0 Å². The third-order valence-electron chi connectivity index (χ3n) is 4.60. The van der Waals surface area contributed by atoms with Crippen LogP contribution in [0.1, 0.15) is 46.2 Å². The molecule has 2 N–H and O–H groups in total. The molecule has 5 heteroatoms. The summed E-state index contributed by atoms with van der Waals surface area (Å²) in [7, 11) is 1.95. The number of hydrogen-bond donors (Lipinski definition) is 1. The van der Waals surface area contributed by atoms with E-state index in [9.17, 15) is 4.79 Å². The van der Waals surface area contributed by atoms with E-state index in [4.69, 9.17) is 5.73 Å². The van der Waals surface area contributed by atoms with Crippen molar-refractivity contribution < 1.29 is 4.79 Å². The van der Waals surface area contributed by atoms with Crippen molar-refractivity contribution in [1.29, 1.82) is 0 Å². The first-order chi connectivity index (χ1) is 10.5. The number of amides is 1. The molecule has 3 rings (SSSR count). The molecule has 1 atom stereocenters. The van der Waals surface area contributed by atoms with Crippen LogP contribution in [0.4, 0.5) is 5.69 Å². The molecule has 22 heavy (non-hydrogen) atoms. The van der Waals surface area contributed by atoms with E-state index in [0.717, 1.165) is 30.8 Å². The van der Waals surface area contributed by atoms with Gasteiger partial charge in [0.05, 0.1) is 17.3 Å². The van der Waals surface area contributed by atoms with Gasteiger partial charge in [0.15, 0.2) is 0 Å². The highest BCUT2D eigenvalue weighted by molar-refractivity contribution is 5.99. The Hall–Kier alpha value is -2.30. The summed E-state index contributed by atoms with van der Waals surface area (Å²) in [6.07, 6.45) is 1.99. The van der Waals surface area contributed by atoms with E-state index in [1.807, 2.05) is 35.7 Å². The Kier molecular flexibility index (Phi) is 3.64. The maximum atomic E-state index is 12.9. The highest BCUT2D eigenvalue weighted by Gasteiger charge is 2.34. The van der Waals surface area contributed by atoms with Gasteiger partial charge in [0.2, 0.25) is 0 Å². The van der Waals surface area contributed by atoms with E-state index in [-0.39, 0.29) is 11.9 Å². The predicted molar refractivity (Wildman–Crippen MR) is 86.5 cm³/mol. The number of aromatic nitrogens is 2. The summed E-state index contributed by atoms with van der Waals surface area (Å²) in [5.74, 6) is 0.0169. The van der Waals surface area contributed by atoms with Gasteiger partial charge in [-0.25, -0.2) is 0 Å². The average Bonchev–Trinajstić information content (AvgIpc) is 3.04. The van der Waals surface area contributed by atoms with Crippen LogP contribution in [0.3, 0.4) is 0 Å². The average molecular weight is 298 g/mol. The number of rotatable bonds is 2. The summed E-state index contributed by atoms with van der Waals surface area (Å²) < 4.78 is 1.89. The van der Waals surface area contributed by atoms with Gasteiger partial charge >= 0.3 is 0 Å². The van der Waals surface area contributed by atoms with Crippen LogP contribution in [0, 0.1) is 13.8 Å². The number of hydrogen-bond acceptors (Lipinski definition) is 3. The van der Waals surface area contributed by atoms with Gasteiger partial charge in [0.25, 0.3) is 5.91 Å². The van der Waals surface area contributed by atoms with Crippen molar-refractivity contribution >= 4 is 11.6 Å². The lowest BCUT2D eigenvalue weighted by molar-refractivity contribution is 0.0736. The van der Waals surface area contributed by atoms with E-state index in [0.29, 0.717) is 11.3 Å². The van der Waals surface area contributed by atoms with Crippen LogP contribution in [0.25, 0.3) is 0 Å². The molecule has 2 aromatic rings. The molecule has 1 aliphatic heterocycles. The Morgan fingerprint density at radius 2 is 2.05 bits per heavy atom. The number of carbonyl (C=O) groups excluding carboxylic acids is 1. The normalized spacial score (nSPS) is 18.0. The number of aryl methyl sites for hydroxylation is 2. The molecule has 1 fully saturated rings. The molecular weight excluding hydrogens is 276 g/mol. The van der Waals surface area contributed by atoms with Gasteiger partial charge in [-0.1, -0.05) is 12.1 Å². The Labute approximate surface area is 130 Å². The zero-order valence-corrected chi connectivity index (χ0v) is 13.3. The molecule has 1 aromatic heterocycles. The summed E-state index contributed by atoms with van der Waals surface area (Å²) in [5, 5.41) is 4.49. The molecule has 1 aromatic carbocycles. The maximum Gasteiger partial charge on any atom is 0.256 e. The van der Waals surface area contributed by atoms with Crippen LogP contribution in [-0.4, -0.2) is 27.1 Å². The van der Waals surface area contributed by atoms with Crippen molar-refractivity contribution in [1.82, 2.24) is 14.7 Å². The fourth-order valence-electron chi connectivity index (χ4n) is 3.43. The largest absolute Gasteiger partial charge is 0.398 e. The van der Waals surface area contributed by atoms with Crippen molar-refractivity contribution in [3.05, 3.63) is 46.8 Å². The smallest absolute Gasteiger partial charge is 0.256 e. The maximum absolute atomic E-state index is 12.9. The molecule has 1 unspecified atom stereocenters. The molecule has 1 saturated heterocycles. The zero-order chi connectivity index (χ0) is 15.9. The van der Waals surface area contributed by atoms with E-state index in [2.05, 4.69) is 12.0 Å². The molecule has 2 heterocycles. The highest BCUT2D eigenvalue weighted by Crippen LogP contribution is 2.36. The molecule has 0 saturated carbocycles. The molecule has 0 radical (unpaired) electrons. The second kappa shape index (κ2) is 5.48. The Morgan fingerprint density at radius 1 is 1.32 bits per heavy atom. The summed E-state index contributed by atoms with van der Waals surface area (Å²) in [6.45, 7) is 4.85. The third kappa shape index (κ3) is 2.26. The van der Waals surface area contributed by atoms with Gasteiger partial charge in [0.1, 0.15) is 0 Å². The van der Waals surface area contributed by atoms with Gasteiger partial charge in [-0.3, -0.25) is 9.48 Å². The molecular formula is C17H22N4O. The SMILES string of the molecule is Cc1nn(C)c(C)c1C1CCCN1C(=O)c1ccccc1N. The van der Waals surface area contributed by atoms with Crippen LogP contribution in [0.2, 0.25) is 0 Å². The first-order valence-electron chi connectivity index (χ1n) is 7.66. The minimum Gasteiger partial charge on any atom is -0.398 e. The van der Waals surface area contributed by atoms with Gasteiger partial charge in [-0.15, -0.1) is 0 Å². The topological polar surface area (TPSA) is 64.2 Å². The third-order valence-corrected chi connectivity index (χ3v) is 4.60. The number of anilines is 1. The number of nitrogens with zero attached hydrogens (tertiary/aromatic N) is 3. The molecule has 0 bridgehead atoms. The van der Waals surface area contributed by atoms with Crippen LogP contribution >= 0.6 is 0 Å². The molecule has 5 nitrogen and oxygen atoms in total. The summed E-state index contributed by atoms with van der Waals surface area (Å²) >= 11 is 0. The second-order valence-electron chi connectivity index (χ2n) is 5.95. The van der Waals surface area contributed by atoms with Crippen LogP contribution in [0.5, 0.6) is 0 Å². The molecule has 0 aliphatic carbocycles. The van der Waals surface area contributed by atoms with E-state index >= 15 is 0 Å². The first kappa shape index (κ1) is 14.6. The van der Waals surface area contributed by atoms with Gasteiger partial charge in [-0.2, -0.15) is 5.10 Å². The van der Waals surface area contributed by atoms with E-state index in [1.54, 1.807) is 12.1 Å². The molecule has 1 aliphatic rings. The predicted octanol–water partition coefficient (Wildman–Crippen LogP) is 2.60. The Balaban J connectivity index is 1.97. The number of carbonyl (C=O) groups is 1. The van der Waals surface area contributed by atoms with Crippen molar-refractivity contribution in [2.45, 2.75) is 32.7 Å². The summed E-state index contributed by atoms with van der Waals surface area (Å²) in [5.41, 5.74) is 10.4. The van der Waals surface area contributed by atoms with E-state index in [1.165, 1.54) is 5.56 Å². The fourth-order valence-corrected chi connectivity index (χ4v) is 3.43. The number of nitrogens with two attached hydrogens (primary N) is 1. The standard InChI is InChI=1S/C17H22N4O/c1-11-16(12(2)20(3)19-11)15-9-6-10-21(15)17(22)13-7-4-5-8-14(13)18/h4-5,7-8,15H,6,9-10,18H2,1-3H3. The summed E-state index contributed by atoms with van der Waals surface area (Å²) in [4.78, 5) is 14.8. The number of benzene rings is 1. The lowest BCUT2D eigenvalue weighted by Crippen LogP contribution is -2.31. The minimum atomic E-state index is 0.0169. The second-order valence-corrected chi connectivity index (χ2v) is 5.95. The van der Waals surface area contributed by atoms with Gasteiger partial charge in [0, 0.05) is 30.5 Å². The fraction of sp³-hybridized carbons (Fsp3) is 0.412. The monoisotopic (exact) mass is 298 g/mol. The van der Waals surface area contributed by atoms with Crippen molar-refractivity contribution in [2.75, 3.05) is 12.3 Å². The lowest BCUT2D eigenvalue weighted by atomic mass is 10.0. The lowest BCUT2D eigenvalue weighted by Gasteiger charge is -2.26. The summed E-state index contributed by atoms with van der Waals surface area (Å²) in [6, 6.07) is 7.38. The zero-order valence-electron chi connectivity index (χ0n) is 13.3. The van der Waals surface area contributed by atoms with Crippen LogP contribution in [-0.2, 0) is 7.05 Å². The quantitative estimate of drug-likeness (QED) is 0.867. The highest BCUT2D eigenvalue weighted by atomic mass is 16.2. The minimum absolute atomic E-state index is 0.0169. The first-order valence-corrected chi connectivity index (χ1v) is 7.66. The molecule has 116 valence electrons. The van der Waals surface area contributed by atoms with Crippen molar-refractivity contribution in [3.8, 4) is 0 Å². The number of likely N-dealkylation sites (tertiary alicyclic amines) is 1. The number of nitrogen functional groups attached to an aromatic ring is 1. The van der Waals surface area contributed by atoms with Gasteiger partial charge < -0.3 is 10.6 Å². The van der Waals surface area contributed by atoms with Crippen LogP contribution in [0.15, 0.2) is 24.3 Å². The number of para-hydroxylation sites is 1.